The lowest BCUT2D eigenvalue weighted by atomic mass is 10.1. The molecule has 0 aliphatic carbocycles. The number of nitro benzene ring substituents is 1. The fourth-order valence-electron chi connectivity index (χ4n) is 1.07. The highest BCUT2D eigenvalue weighted by molar-refractivity contribution is 7.80. The lowest BCUT2D eigenvalue weighted by Crippen LogP contribution is -1.95. The first-order chi connectivity index (χ1) is 5.66. The molecule has 0 atom stereocenters. The van der Waals surface area contributed by atoms with Crippen LogP contribution in [0, 0.1) is 10.1 Å². The molecule has 0 saturated heterocycles. The van der Waals surface area contributed by atoms with Crippen LogP contribution in [0.2, 0.25) is 0 Å². The maximum atomic E-state index is 10.6. The number of nitrogens with zero attached hydrogens (tertiary/aromatic N) is 1. The van der Waals surface area contributed by atoms with E-state index in [1.165, 1.54) is 0 Å². The molecule has 0 aromatic heterocycles. The molecule has 0 fully saturated rings. The highest BCUT2D eigenvalue weighted by atomic mass is 32.1. The van der Waals surface area contributed by atoms with Crippen molar-refractivity contribution in [1.82, 2.24) is 0 Å². The van der Waals surface area contributed by atoms with E-state index in [1.54, 1.807) is 18.2 Å². The summed E-state index contributed by atoms with van der Waals surface area (Å²) in [5.41, 5.74) is 0.857. The Morgan fingerprint density at radius 3 is 2.67 bits per heavy atom. The Hall–Kier alpha value is -1.03. The molecule has 12 heavy (non-hydrogen) atoms. The number of hydrogen-bond acceptors (Lipinski definition) is 3. The predicted octanol–water partition coefficient (Wildman–Crippen LogP) is 2.45. The van der Waals surface area contributed by atoms with Crippen LogP contribution in [-0.2, 0) is 6.42 Å². The maximum absolute atomic E-state index is 10.6. The molecule has 64 valence electrons. The molecule has 0 aliphatic heterocycles. The van der Waals surface area contributed by atoms with Crippen molar-refractivity contribution in [2.75, 3.05) is 0 Å². The first-order valence-electron chi connectivity index (χ1n) is 3.62. The lowest BCUT2D eigenvalue weighted by molar-refractivity contribution is -0.388. The average Bonchev–Trinajstić information content (AvgIpc) is 2.03. The molecule has 1 aromatic rings. The smallest absolute Gasteiger partial charge is 0.258 e. The minimum absolute atomic E-state index is 0.128. The zero-order valence-corrected chi connectivity index (χ0v) is 7.54. The zero-order chi connectivity index (χ0) is 9.14. The van der Waals surface area contributed by atoms with E-state index in [4.69, 9.17) is 0 Å². The van der Waals surface area contributed by atoms with Gasteiger partial charge in [0.05, 0.1) is 9.82 Å². The Bertz CT molecular complexity index is 312. The van der Waals surface area contributed by atoms with Crippen LogP contribution in [0.5, 0.6) is 0 Å². The standard InChI is InChI=1S/C8H9NO2S/c1-2-6-4-3-5-7(12)8(6)9(10)11/h3-5,12H,2H2,1H3. The summed E-state index contributed by atoms with van der Waals surface area (Å²) in [6, 6.07) is 5.15. The molecule has 0 bridgehead atoms. The molecule has 3 nitrogen and oxygen atoms in total. The lowest BCUT2D eigenvalue weighted by Gasteiger charge is -2.00. The third kappa shape index (κ3) is 1.58. The number of para-hydroxylation sites is 1. The van der Waals surface area contributed by atoms with Gasteiger partial charge >= 0.3 is 0 Å². The van der Waals surface area contributed by atoms with Crippen molar-refractivity contribution in [2.45, 2.75) is 18.2 Å². The van der Waals surface area contributed by atoms with Crippen molar-refractivity contribution >= 4 is 18.3 Å². The molecule has 1 rings (SSSR count). The third-order valence-corrected chi connectivity index (χ3v) is 2.02. The second-order valence-electron chi connectivity index (χ2n) is 2.40. The largest absolute Gasteiger partial charge is 0.285 e. The molecule has 0 unspecified atom stereocenters. The van der Waals surface area contributed by atoms with Gasteiger partial charge in [-0.1, -0.05) is 19.1 Å². The van der Waals surface area contributed by atoms with Crippen LogP contribution in [0.3, 0.4) is 0 Å². The molecular formula is C8H9NO2S. The molecule has 0 heterocycles. The minimum atomic E-state index is -0.388. The Morgan fingerprint density at radius 2 is 2.25 bits per heavy atom. The van der Waals surface area contributed by atoms with Gasteiger partial charge in [-0.05, 0) is 12.5 Å². The van der Waals surface area contributed by atoms with E-state index in [-0.39, 0.29) is 10.6 Å². The van der Waals surface area contributed by atoms with Crippen LogP contribution < -0.4 is 0 Å². The number of nitro groups is 1. The summed E-state index contributed by atoms with van der Waals surface area (Å²) in [6.45, 7) is 1.88. The van der Waals surface area contributed by atoms with E-state index in [0.29, 0.717) is 11.3 Å². The van der Waals surface area contributed by atoms with Crippen LogP contribution in [-0.4, -0.2) is 4.92 Å². The summed E-state index contributed by atoms with van der Waals surface area (Å²) in [6.07, 6.45) is 0.657. The van der Waals surface area contributed by atoms with Gasteiger partial charge in [-0.15, -0.1) is 12.6 Å². The summed E-state index contributed by atoms with van der Waals surface area (Å²) in [7, 11) is 0. The SMILES string of the molecule is CCc1cccc(S)c1[N+](=O)[O-]. The van der Waals surface area contributed by atoms with Crippen molar-refractivity contribution in [1.29, 1.82) is 0 Å². The van der Waals surface area contributed by atoms with Gasteiger partial charge in [-0.2, -0.15) is 0 Å². The molecule has 0 aliphatic rings. The quantitative estimate of drug-likeness (QED) is 0.434. The second-order valence-corrected chi connectivity index (χ2v) is 2.88. The topological polar surface area (TPSA) is 43.1 Å². The fraction of sp³-hybridized carbons (Fsp3) is 0.250. The fourth-order valence-corrected chi connectivity index (χ4v) is 1.39. The van der Waals surface area contributed by atoms with Gasteiger partial charge in [-0.25, -0.2) is 0 Å². The van der Waals surface area contributed by atoms with Crippen molar-refractivity contribution in [2.24, 2.45) is 0 Å². The summed E-state index contributed by atoms with van der Waals surface area (Å²) in [5.74, 6) is 0. The van der Waals surface area contributed by atoms with Crippen LogP contribution >= 0.6 is 12.6 Å². The van der Waals surface area contributed by atoms with E-state index in [2.05, 4.69) is 12.6 Å². The first-order valence-corrected chi connectivity index (χ1v) is 4.06. The first kappa shape index (κ1) is 9.06. The van der Waals surface area contributed by atoms with E-state index >= 15 is 0 Å². The molecule has 0 spiro atoms. The Balaban J connectivity index is 3.29. The number of benzene rings is 1. The summed E-state index contributed by atoms with van der Waals surface area (Å²) in [4.78, 5) is 10.6. The van der Waals surface area contributed by atoms with Gasteiger partial charge in [0.2, 0.25) is 0 Å². The normalized spacial score (nSPS) is 9.83. The van der Waals surface area contributed by atoms with Crippen LogP contribution in [0.1, 0.15) is 12.5 Å². The number of rotatable bonds is 2. The molecule has 0 amide bonds. The number of thiol groups is 1. The monoisotopic (exact) mass is 183 g/mol. The highest BCUT2D eigenvalue weighted by Crippen LogP contribution is 2.26. The van der Waals surface area contributed by atoms with Crippen LogP contribution in [0.4, 0.5) is 5.69 Å². The molecule has 1 aromatic carbocycles. The van der Waals surface area contributed by atoms with Crippen molar-refractivity contribution in [3.63, 3.8) is 0 Å². The van der Waals surface area contributed by atoms with E-state index in [0.717, 1.165) is 5.56 Å². The average molecular weight is 183 g/mol. The highest BCUT2D eigenvalue weighted by Gasteiger charge is 2.14. The Kier molecular flexibility index (Phi) is 2.70. The maximum Gasteiger partial charge on any atom is 0.285 e. The van der Waals surface area contributed by atoms with Gasteiger partial charge in [-0.3, -0.25) is 10.1 Å². The Labute approximate surface area is 76.0 Å². The molecule has 0 radical (unpaired) electrons. The third-order valence-electron chi connectivity index (χ3n) is 1.66. The number of hydrogen-bond donors (Lipinski definition) is 1. The van der Waals surface area contributed by atoms with E-state index in [1.807, 2.05) is 6.92 Å². The van der Waals surface area contributed by atoms with Crippen molar-refractivity contribution in [3.8, 4) is 0 Å². The molecule has 0 N–H and O–H groups in total. The predicted molar refractivity (Wildman–Crippen MR) is 49.7 cm³/mol. The van der Waals surface area contributed by atoms with Gasteiger partial charge in [0.25, 0.3) is 5.69 Å². The molecular weight excluding hydrogens is 174 g/mol. The zero-order valence-electron chi connectivity index (χ0n) is 6.65. The van der Waals surface area contributed by atoms with Crippen LogP contribution in [0.25, 0.3) is 0 Å². The van der Waals surface area contributed by atoms with E-state index in [9.17, 15) is 10.1 Å². The van der Waals surface area contributed by atoms with Crippen molar-refractivity contribution < 1.29 is 4.92 Å². The van der Waals surface area contributed by atoms with Gasteiger partial charge in [0.15, 0.2) is 0 Å². The molecule has 4 heteroatoms. The van der Waals surface area contributed by atoms with E-state index < -0.39 is 0 Å². The summed E-state index contributed by atoms with van der Waals surface area (Å²) in [5, 5.41) is 10.6. The number of aryl methyl sites for hydroxylation is 1. The van der Waals surface area contributed by atoms with Gasteiger partial charge < -0.3 is 0 Å². The van der Waals surface area contributed by atoms with Crippen molar-refractivity contribution in [3.05, 3.63) is 33.9 Å². The summed E-state index contributed by atoms with van der Waals surface area (Å²) >= 11 is 4.02. The Morgan fingerprint density at radius 1 is 1.58 bits per heavy atom. The minimum Gasteiger partial charge on any atom is -0.258 e. The second kappa shape index (κ2) is 3.58. The van der Waals surface area contributed by atoms with Crippen LogP contribution in [0.15, 0.2) is 23.1 Å². The van der Waals surface area contributed by atoms with Gasteiger partial charge in [0.1, 0.15) is 0 Å². The van der Waals surface area contributed by atoms with Gasteiger partial charge in [0, 0.05) is 5.56 Å². The summed E-state index contributed by atoms with van der Waals surface area (Å²) < 4.78 is 0. The molecule has 0 saturated carbocycles.